The number of aliphatic hydroxyl groups excluding tert-OH is 2. The lowest BCUT2D eigenvalue weighted by Gasteiger charge is -2.46. The number of esters is 2. The maximum atomic E-state index is 13.2. The molecule has 1 unspecified atom stereocenters. The fraction of sp³-hybridized carbons (Fsp3) is 0.625. The number of benzene rings is 1. The average Bonchev–Trinajstić information content (AvgIpc) is 3.95. The number of nitrogens with one attached hydrogen (secondary N) is 3. The van der Waals surface area contributed by atoms with Gasteiger partial charge in [0.2, 0.25) is 12.2 Å². The molecule has 4 saturated heterocycles. The van der Waals surface area contributed by atoms with Crippen LogP contribution in [0.1, 0.15) is 70.7 Å². The van der Waals surface area contributed by atoms with Crippen LogP contribution in [0.4, 0.5) is 5.69 Å². The zero-order valence-electron chi connectivity index (χ0n) is 36.5. The standard InChI is InChI=1S/C22H27N5O9S2.C14H24N2S.C4H6O5.H2O/c1-10-17-16(11(2)28)20(29)26(17)18(19(10)37-15-7-13(24-9-15)8-25-38(23,34)35)22(31)36-21(30)12-3-5-14(6-4-12)27(32)33;1-4-11-7-16-8-13(10(3)14(11)16)17-12-5-9(2)15-6-12;5-2-9-4(8)1-3(6)7;/h3-6,10-11,13,15-17,24-25,28H,7-9H2,1-2H3,(H2,23,34,35);8-12,14-15H,4-7H2,1-3H3;2,4,8H,1H2,(H,6,7);1H2/t10-,11-,13+,15+,16-,17-;9-,10+,11+,12+,14-;;/m11../s1. The average molecular weight is 974 g/mol. The van der Waals surface area contributed by atoms with E-state index in [0.717, 1.165) is 47.4 Å². The number of nitrogens with two attached hydrogens (primary N) is 1. The number of carbonyl (C=O) groups is 5. The first kappa shape index (κ1) is 53.4. The number of fused-ring (bicyclic) bond motifs is 2. The van der Waals surface area contributed by atoms with E-state index in [-0.39, 0.29) is 52.7 Å². The summed E-state index contributed by atoms with van der Waals surface area (Å²) in [7, 11) is -3.85. The lowest BCUT2D eigenvalue weighted by molar-refractivity contribution is -0.384. The van der Waals surface area contributed by atoms with E-state index in [2.05, 4.69) is 63.7 Å². The van der Waals surface area contributed by atoms with Crippen LogP contribution in [0.25, 0.3) is 0 Å². The zero-order chi connectivity index (χ0) is 47.2. The van der Waals surface area contributed by atoms with Crippen molar-refractivity contribution in [3.05, 3.63) is 61.7 Å². The van der Waals surface area contributed by atoms with Crippen LogP contribution in [-0.4, -0.2) is 147 Å². The molecule has 6 aliphatic heterocycles. The van der Waals surface area contributed by atoms with Crippen LogP contribution in [0.2, 0.25) is 0 Å². The molecule has 1 amide bonds. The van der Waals surface area contributed by atoms with Gasteiger partial charge in [-0.2, -0.15) is 8.42 Å². The maximum Gasteiger partial charge on any atom is 0.363 e. The molecule has 4 fully saturated rings. The van der Waals surface area contributed by atoms with Gasteiger partial charge in [0.25, 0.3) is 22.4 Å². The van der Waals surface area contributed by atoms with E-state index in [1.165, 1.54) is 49.5 Å². The molecule has 22 nitrogen and oxygen atoms in total. The minimum atomic E-state index is -3.85. The number of thioether (sulfide) groups is 2. The Labute approximate surface area is 385 Å². The number of hydrogen-bond acceptors (Lipinski definition) is 18. The number of aliphatic carboxylic acids is 1. The molecular formula is C40H59N7O15S3. The number of amides is 1. The number of hydrogen-bond donors (Lipinski definition) is 7. The smallest absolute Gasteiger partial charge is 0.363 e. The number of carboxylic acid groups (broad SMARTS) is 1. The first-order chi connectivity index (χ1) is 30.1. The van der Waals surface area contributed by atoms with Gasteiger partial charge in [-0.1, -0.05) is 20.8 Å². The molecule has 7 rings (SSSR count). The Balaban J connectivity index is 0.000000280. The van der Waals surface area contributed by atoms with Crippen molar-refractivity contribution in [3.8, 4) is 0 Å². The Hall–Kier alpha value is -4.18. The van der Waals surface area contributed by atoms with Gasteiger partial charge in [-0.05, 0) is 51.2 Å². The van der Waals surface area contributed by atoms with Gasteiger partial charge in [0.1, 0.15) is 12.1 Å². The van der Waals surface area contributed by atoms with Crippen LogP contribution < -0.4 is 20.5 Å². The van der Waals surface area contributed by atoms with Crippen molar-refractivity contribution < 1.29 is 67.6 Å². The van der Waals surface area contributed by atoms with Gasteiger partial charge in [-0.15, -0.1) is 23.5 Å². The Morgan fingerprint density at radius 1 is 1.05 bits per heavy atom. The molecular weight excluding hydrogens is 915 g/mol. The number of ether oxygens (including phenoxy) is 2. The second-order valence-electron chi connectivity index (χ2n) is 16.7. The first-order valence-electron chi connectivity index (χ1n) is 20.9. The Bertz CT molecular complexity index is 2090. The van der Waals surface area contributed by atoms with Crippen molar-refractivity contribution in [2.45, 2.75) is 107 Å². The molecule has 0 saturated carbocycles. The van der Waals surface area contributed by atoms with E-state index in [1.807, 2.05) is 6.92 Å². The van der Waals surface area contributed by atoms with Crippen molar-refractivity contribution in [2.75, 3.05) is 26.2 Å². The number of non-ortho nitro benzene ring substituents is 1. The number of carbonyl (C=O) groups excluding carboxylic acids is 4. The minimum Gasteiger partial charge on any atom is -0.481 e. The number of aliphatic hydroxyl groups is 2. The lowest BCUT2D eigenvalue weighted by atomic mass is 9.79. The second kappa shape index (κ2) is 23.0. The third kappa shape index (κ3) is 13.3. The molecule has 1 aromatic carbocycles. The molecule has 362 valence electrons. The van der Waals surface area contributed by atoms with Crippen molar-refractivity contribution in [1.82, 2.24) is 25.2 Å². The van der Waals surface area contributed by atoms with Crippen LogP contribution in [-0.2, 0) is 38.9 Å². The third-order valence-electron chi connectivity index (χ3n) is 12.1. The first-order valence-corrected chi connectivity index (χ1v) is 24.2. The van der Waals surface area contributed by atoms with Gasteiger partial charge in [0.15, 0.2) is 0 Å². The normalized spacial score (nSPS) is 29.5. The van der Waals surface area contributed by atoms with Gasteiger partial charge in [0, 0.05) is 94.8 Å². The molecule has 0 bridgehead atoms. The number of nitrogens with zero attached hydrogens (tertiary/aromatic N) is 3. The van der Waals surface area contributed by atoms with Crippen molar-refractivity contribution in [1.29, 1.82) is 0 Å². The summed E-state index contributed by atoms with van der Waals surface area (Å²) in [5.41, 5.74) is -0.390. The summed E-state index contributed by atoms with van der Waals surface area (Å²) in [6.07, 6.45) is 2.60. The van der Waals surface area contributed by atoms with E-state index in [1.54, 1.807) is 4.91 Å². The number of β-lactam (4-membered cyclic amide) rings is 1. The Morgan fingerprint density at radius 3 is 2.25 bits per heavy atom. The molecule has 0 aliphatic carbocycles. The van der Waals surface area contributed by atoms with E-state index < -0.39 is 69.7 Å². The lowest BCUT2D eigenvalue weighted by Crippen LogP contribution is -2.63. The highest BCUT2D eigenvalue weighted by molar-refractivity contribution is 8.04. The molecule has 0 radical (unpaired) electrons. The van der Waals surface area contributed by atoms with Gasteiger partial charge in [-0.3, -0.25) is 24.5 Å². The van der Waals surface area contributed by atoms with Crippen LogP contribution in [0.5, 0.6) is 0 Å². The fourth-order valence-corrected chi connectivity index (χ4v) is 12.3. The van der Waals surface area contributed by atoms with E-state index in [4.69, 9.17) is 20.1 Å². The predicted molar refractivity (Wildman–Crippen MR) is 238 cm³/mol. The van der Waals surface area contributed by atoms with Gasteiger partial charge in [0.05, 0.1) is 28.6 Å². The third-order valence-corrected chi connectivity index (χ3v) is 15.6. The number of carboxylic acids is 1. The SMILES string of the molecule is CC[C@H]1CN2C=C(S[C@@H]3CN[C@H](C)C3)[C@H](C)[C@H]12.C[C@@H](O)[C@H]1C(=O)N2C(C(=O)OC(=O)c3ccc([N+](=O)[O-])cc3)=C(S[C@@H]3CN[C@H](CNS(N)(=O)=O)C3)[C@H](C)[C@H]12.O.O=COC(O)CC(=O)O. The summed E-state index contributed by atoms with van der Waals surface area (Å²) in [5, 5.41) is 49.8. The zero-order valence-corrected chi connectivity index (χ0v) is 39.0. The summed E-state index contributed by atoms with van der Waals surface area (Å²) >= 11 is 3.48. The summed E-state index contributed by atoms with van der Waals surface area (Å²) in [6.45, 7) is 13.4. The van der Waals surface area contributed by atoms with Gasteiger partial charge >= 0.3 is 17.9 Å². The van der Waals surface area contributed by atoms with Crippen LogP contribution >= 0.6 is 23.5 Å². The highest BCUT2D eigenvalue weighted by atomic mass is 32.2. The van der Waals surface area contributed by atoms with E-state index >= 15 is 0 Å². The number of nitro groups is 1. The van der Waals surface area contributed by atoms with Crippen LogP contribution in [0, 0.1) is 33.8 Å². The molecule has 12 atom stereocenters. The molecule has 25 heteroatoms. The molecule has 1 aromatic rings. The van der Waals surface area contributed by atoms with Gasteiger partial charge in [-0.25, -0.2) is 19.5 Å². The number of rotatable bonds is 16. The predicted octanol–water partition coefficient (Wildman–Crippen LogP) is 0.403. The number of nitro benzene ring substituents is 1. The van der Waals surface area contributed by atoms with Crippen molar-refractivity contribution >= 4 is 69.7 Å². The second-order valence-corrected chi connectivity index (χ2v) is 20.8. The highest BCUT2D eigenvalue weighted by Crippen LogP contribution is 2.52. The summed E-state index contributed by atoms with van der Waals surface area (Å²) in [5.74, 6) is -3.09. The van der Waals surface area contributed by atoms with Crippen LogP contribution in [0.3, 0.4) is 0 Å². The molecule has 0 aromatic heterocycles. The van der Waals surface area contributed by atoms with Crippen molar-refractivity contribution in [3.63, 3.8) is 0 Å². The molecule has 10 N–H and O–H groups in total. The molecule has 65 heavy (non-hydrogen) atoms. The highest BCUT2D eigenvalue weighted by Gasteiger charge is 2.60. The monoisotopic (exact) mass is 973 g/mol. The molecule has 6 heterocycles. The largest absolute Gasteiger partial charge is 0.481 e. The van der Waals surface area contributed by atoms with Crippen molar-refractivity contribution in [2.24, 2.45) is 28.8 Å². The Kier molecular flexibility index (Phi) is 18.9. The van der Waals surface area contributed by atoms with Crippen LogP contribution in [0.15, 0.2) is 46.0 Å². The fourth-order valence-electron chi connectivity index (χ4n) is 8.87. The topological polar surface area (TPSA) is 342 Å². The van der Waals surface area contributed by atoms with Gasteiger partial charge < -0.3 is 50.7 Å². The summed E-state index contributed by atoms with van der Waals surface area (Å²) < 4.78 is 33.6. The van der Waals surface area contributed by atoms with E-state index in [9.17, 15) is 47.6 Å². The maximum absolute atomic E-state index is 13.2. The summed E-state index contributed by atoms with van der Waals surface area (Å²) in [6, 6.07) is 5.39. The minimum absolute atomic E-state index is 0. The quantitative estimate of drug-likeness (QED) is 0.0224. The molecule has 0 spiro atoms. The summed E-state index contributed by atoms with van der Waals surface area (Å²) in [4.78, 5) is 74.1. The Morgan fingerprint density at radius 2 is 1.69 bits per heavy atom. The molecule has 6 aliphatic rings. The van der Waals surface area contributed by atoms with E-state index in [0.29, 0.717) is 23.9 Å².